The van der Waals surface area contributed by atoms with Gasteiger partial charge in [0.1, 0.15) is 0 Å². The number of alkyl halides is 2. The number of halogens is 6. The number of nitrogens with two attached hydrogens (primary N) is 1. The molecule has 1 aromatic rings. The van der Waals surface area contributed by atoms with E-state index in [9.17, 15) is 26.3 Å². The van der Waals surface area contributed by atoms with Gasteiger partial charge in [-0.05, 0) is 6.42 Å². The molecular weight excluding hydrogens is 236 g/mol. The van der Waals surface area contributed by atoms with Gasteiger partial charge in [0.25, 0.3) is 6.43 Å². The first-order valence-electron chi connectivity index (χ1n) is 4.20. The molecule has 0 spiro atoms. The number of hydrogen-bond donors (Lipinski definition) is 1. The molecule has 0 fully saturated rings. The van der Waals surface area contributed by atoms with Crippen LogP contribution >= 0.6 is 0 Å². The summed E-state index contributed by atoms with van der Waals surface area (Å²) in [6.45, 7) is 0. The highest BCUT2D eigenvalue weighted by Gasteiger charge is 2.24. The number of benzene rings is 1. The molecule has 0 aliphatic rings. The molecule has 1 nitrogen and oxygen atoms in total. The maximum atomic E-state index is 13.0. The van der Waals surface area contributed by atoms with Crippen LogP contribution in [-0.4, -0.2) is 12.5 Å². The van der Waals surface area contributed by atoms with Gasteiger partial charge in [-0.25, -0.2) is 26.3 Å². The van der Waals surface area contributed by atoms with Crippen LogP contribution in [-0.2, 0) is 6.42 Å². The van der Waals surface area contributed by atoms with Crippen molar-refractivity contribution in [3.63, 3.8) is 0 Å². The van der Waals surface area contributed by atoms with Crippen molar-refractivity contribution in [3.05, 3.63) is 34.9 Å². The molecule has 0 saturated carbocycles. The second-order valence-electron chi connectivity index (χ2n) is 3.15. The Morgan fingerprint density at radius 1 is 1.00 bits per heavy atom. The molecule has 7 heteroatoms. The van der Waals surface area contributed by atoms with Gasteiger partial charge in [0.05, 0.1) is 6.04 Å². The third-order valence-electron chi connectivity index (χ3n) is 1.97. The summed E-state index contributed by atoms with van der Waals surface area (Å²) in [6, 6.07) is -1.88. The Balaban J connectivity index is 3.12. The summed E-state index contributed by atoms with van der Waals surface area (Å²) in [6.07, 6.45) is -4.02. The minimum Gasteiger partial charge on any atom is -0.323 e. The molecule has 0 aliphatic carbocycles. The van der Waals surface area contributed by atoms with Crippen LogP contribution in [0.2, 0.25) is 0 Å². The monoisotopic (exact) mass is 243 g/mol. The van der Waals surface area contributed by atoms with Crippen molar-refractivity contribution in [2.75, 3.05) is 0 Å². The Morgan fingerprint density at radius 3 is 1.81 bits per heavy atom. The van der Waals surface area contributed by atoms with E-state index in [0.29, 0.717) is 0 Å². The van der Waals surface area contributed by atoms with E-state index in [2.05, 4.69) is 0 Å². The molecule has 1 unspecified atom stereocenters. The van der Waals surface area contributed by atoms with Crippen LogP contribution in [0.25, 0.3) is 0 Å². The van der Waals surface area contributed by atoms with Crippen LogP contribution < -0.4 is 5.73 Å². The highest BCUT2D eigenvalue weighted by Crippen LogP contribution is 2.21. The predicted molar refractivity (Wildman–Crippen MR) is 44.0 cm³/mol. The topological polar surface area (TPSA) is 26.0 Å². The van der Waals surface area contributed by atoms with Crippen molar-refractivity contribution < 1.29 is 26.3 Å². The first kappa shape index (κ1) is 12.8. The maximum Gasteiger partial charge on any atom is 0.253 e. The van der Waals surface area contributed by atoms with Crippen molar-refractivity contribution in [1.82, 2.24) is 0 Å². The van der Waals surface area contributed by atoms with Crippen LogP contribution in [0.5, 0.6) is 0 Å². The second-order valence-corrected chi connectivity index (χ2v) is 3.15. The fourth-order valence-corrected chi connectivity index (χ4v) is 1.13. The van der Waals surface area contributed by atoms with Gasteiger partial charge in [-0.15, -0.1) is 0 Å². The van der Waals surface area contributed by atoms with E-state index in [-0.39, 0.29) is 6.07 Å². The van der Waals surface area contributed by atoms with Crippen molar-refractivity contribution >= 4 is 0 Å². The Labute approximate surface area is 86.9 Å². The largest absolute Gasteiger partial charge is 0.323 e. The fraction of sp³-hybridized carbons (Fsp3) is 0.333. The molecule has 1 rings (SSSR count). The van der Waals surface area contributed by atoms with Gasteiger partial charge in [-0.2, -0.15) is 0 Å². The van der Waals surface area contributed by atoms with Crippen LogP contribution in [0.15, 0.2) is 6.07 Å². The molecule has 16 heavy (non-hydrogen) atoms. The summed E-state index contributed by atoms with van der Waals surface area (Å²) in [5, 5.41) is 0. The average Bonchev–Trinajstić information content (AvgIpc) is 2.21. The first-order chi connectivity index (χ1) is 7.34. The maximum absolute atomic E-state index is 13.0. The molecule has 0 aliphatic heterocycles. The minimum absolute atomic E-state index is 0.00205. The molecule has 0 saturated heterocycles. The Hall–Kier alpha value is -1.24. The molecule has 2 N–H and O–H groups in total. The van der Waals surface area contributed by atoms with E-state index in [1.807, 2.05) is 0 Å². The molecule has 0 bridgehead atoms. The summed E-state index contributed by atoms with van der Waals surface area (Å²) in [4.78, 5) is 0. The van der Waals surface area contributed by atoms with Crippen LogP contribution in [0, 0.1) is 23.3 Å². The zero-order chi connectivity index (χ0) is 12.5. The third kappa shape index (κ3) is 2.46. The Kier molecular flexibility index (Phi) is 3.79. The summed E-state index contributed by atoms with van der Waals surface area (Å²) in [5.41, 5.74) is 3.75. The van der Waals surface area contributed by atoms with Gasteiger partial charge in [-0.3, -0.25) is 0 Å². The van der Waals surface area contributed by atoms with Gasteiger partial charge in [0.2, 0.25) is 0 Å². The van der Waals surface area contributed by atoms with Crippen molar-refractivity contribution in [3.8, 4) is 0 Å². The lowest BCUT2D eigenvalue weighted by Crippen LogP contribution is -2.32. The quantitative estimate of drug-likeness (QED) is 0.640. The molecule has 0 amide bonds. The summed E-state index contributed by atoms with van der Waals surface area (Å²) >= 11 is 0. The van der Waals surface area contributed by atoms with Crippen molar-refractivity contribution in [2.45, 2.75) is 18.9 Å². The second kappa shape index (κ2) is 4.73. The SMILES string of the molecule is NC(Cc1c(F)c(F)cc(F)c1F)C(F)F. The minimum atomic E-state index is -3.04. The Morgan fingerprint density at radius 2 is 1.44 bits per heavy atom. The van der Waals surface area contributed by atoms with Crippen molar-refractivity contribution in [1.29, 1.82) is 0 Å². The predicted octanol–water partition coefficient (Wildman–Crippen LogP) is 2.38. The number of rotatable bonds is 3. The molecular formula is C9H7F6N. The zero-order valence-electron chi connectivity index (χ0n) is 7.78. The van der Waals surface area contributed by atoms with E-state index in [1.165, 1.54) is 0 Å². The Bertz CT molecular complexity index is 366. The van der Waals surface area contributed by atoms with Crippen LogP contribution in [0.1, 0.15) is 5.56 Å². The van der Waals surface area contributed by atoms with Gasteiger partial charge in [0.15, 0.2) is 23.3 Å². The van der Waals surface area contributed by atoms with Crippen LogP contribution in [0.3, 0.4) is 0 Å². The highest BCUT2D eigenvalue weighted by atomic mass is 19.3. The molecule has 0 radical (unpaired) electrons. The third-order valence-corrected chi connectivity index (χ3v) is 1.97. The van der Waals surface area contributed by atoms with Crippen LogP contribution in [0.4, 0.5) is 26.3 Å². The van der Waals surface area contributed by atoms with Gasteiger partial charge >= 0.3 is 0 Å². The normalized spacial score (nSPS) is 13.2. The number of hydrogen-bond acceptors (Lipinski definition) is 1. The van der Waals surface area contributed by atoms with E-state index in [0.717, 1.165) is 0 Å². The first-order valence-corrected chi connectivity index (χ1v) is 4.20. The molecule has 1 atom stereocenters. The van der Waals surface area contributed by atoms with E-state index >= 15 is 0 Å². The molecule has 0 aromatic heterocycles. The zero-order valence-corrected chi connectivity index (χ0v) is 7.78. The van der Waals surface area contributed by atoms with E-state index in [1.54, 1.807) is 0 Å². The average molecular weight is 243 g/mol. The fourth-order valence-electron chi connectivity index (χ4n) is 1.13. The lowest BCUT2D eigenvalue weighted by molar-refractivity contribution is 0.115. The summed E-state index contributed by atoms with van der Waals surface area (Å²) in [5.74, 6) is -6.68. The van der Waals surface area contributed by atoms with Gasteiger partial charge in [0, 0.05) is 11.6 Å². The molecule has 0 heterocycles. The highest BCUT2D eigenvalue weighted by molar-refractivity contribution is 5.23. The smallest absolute Gasteiger partial charge is 0.253 e. The van der Waals surface area contributed by atoms with Gasteiger partial charge in [-0.1, -0.05) is 0 Å². The summed E-state index contributed by atoms with van der Waals surface area (Å²) in [7, 11) is 0. The van der Waals surface area contributed by atoms with E-state index in [4.69, 9.17) is 5.73 Å². The lowest BCUT2D eigenvalue weighted by Gasteiger charge is -2.12. The molecule has 1 aromatic carbocycles. The molecule has 90 valence electrons. The van der Waals surface area contributed by atoms with Gasteiger partial charge < -0.3 is 5.73 Å². The standard InChI is InChI=1S/C9H7F6N/c10-4-2-5(11)8(13)3(7(4)12)1-6(16)9(14)15/h2,6,9H,1,16H2. The van der Waals surface area contributed by atoms with E-state index < -0.39 is 47.7 Å². The lowest BCUT2D eigenvalue weighted by atomic mass is 10.0. The van der Waals surface area contributed by atoms with Crippen molar-refractivity contribution in [2.24, 2.45) is 5.73 Å². The summed E-state index contributed by atoms with van der Waals surface area (Å²) < 4.78 is 75.3.